The SMILES string of the molecule is CC1(C)[C@@H]2[C@@H](C(=O)NC(C#N)CC3CCNC3=O)N(C(=O)c3cn4cccc4cn3)C[C@@H]21. The van der Waals surface area contributed by atoms with E-state index in [4.69, 9.17) is 0 Å². The lowest BCUT2D eigenvalue weighted by Crippen LogP contribution is -2.52. The van der Waals surface area contributed by atoms with Gasteiger partial charge in [0.25, 0.3) is 5.91 Å². The number of fused-ring (bicyclic) bond motifs is 2. The van der Waals surface area contributed by atoms with E-state index in [1.807, 2.05) is 22.7 Å². The van der Waals surface area contributed by atoms with Crippen LogP contribution in [0.25, 0.3) is 5.52 Å². The molecule has 1 aliphatic carbocycles. The lowest BCUT2D eigenvalue weighted by molar-refractivity contribution is -0.127. The summed E-state index contributed by atoms with van der Waals surface area (Å²) in [7, 11) is 0. The summed E-state index contributed by atoms with van der Waals surface area (Å²) >= 11 is 0. The van der Waals surface area contributed by atoms with Crippen LogP contribution in [0.4, 0.5) is 0 Å². The van der Waals surface area contributed by atoms with Crippen molar-refractivity contribution in [1.29, 1.82) is 5.26 Å². The first-order valence-corrected chi connectivity index (χ1v) is 11.0. The molecule has 1 saturated carbocycles. The molecule has 9 heteroatoms. The normalized spacial score (nSPS) is 28.7. The van der Waals surface area contributed by atoms with E-state index >= 15 is 0 Å². The lowest BCUT2D eigenvalue weighted by Gasteiger charge is -2.30. The fourth-order valence-electron chi connectivity index (χ4n) is 5.54. The number of piperidine rings is 1. The van der Waals surface area contributed by atoms with Gasteiger partial charge >= 0.3 is 0 Å². The molecule has 0 aromatic carbocycles. The van der Waals surface area contributed by atoms with Crippen LogP contribution >= 0.6 is 0 Å². The summed E-state index contributed by atoms with van der Waals surface area (Å²) in [6.07, 6.45) is 6.10. The summed E-state index contributed by atoms with van der Waals surface area (Å²) in [5.41, 5.74) is 1.13. The number of hydrogen-bond acceptors (Lipinski definition) is 5. The Kier molecular flexibility index (Phi) is 4.69. The van der Waals surface area contributed by atoms with Crippen LogP contribution in [-0.2, 0) is 9.59 Å². The number of amides is 3. The molecule has 2 N–H and O–H groups in total. The number of likely N-dealkylation sites (tertiary alicyclic amines) is 1. The second-order valence-corrected chi connectivity index (χ2v) is 9.67. The van der Waals surface area contributed by atoms with Crippen LogP contribution in [0.1, 0.15) is 37.2 Å². The zero-order chi connectivity index (χ0) is 22.6. The van der Waals surface area contributed by atoms with E-state index in [0.717, 1.165) is 5.52 Å². The van der Waals surface area contributed by atoms with Crippen molar-refractivity contribution in [2.24, 2.45) is 23.2 Å². The molecule has 166 valence electrons. The van der Waals surface area contributed by atoms with E-state index in [9.17, 15) is 19.6 Å². The van der Waals surface area contributed by atoms with E-state index in [1.165, 1.54) is 0 Å². The highest BCUT2D eigenvalue weighted by Crippen LogP contribution is 2.65. The molecular formula is C23H26N6O3. The Morgan fingerprint density at radius 3 is 2.97 bits per heavy atom. The highest BCUT2D eigenvalue weighted by molar-refractivity contribution is 5.97. The first-order chi connectivity index (χ1) is 15.3. The van der Waals surface area contributed by atoms with Crippen LogP contribution in [0.15, 0.2) is 30.7 Å². The van der Waals surface area contributed by atoms with Crippen LogP contribution < -0.4 is 10.6 Å². The van der Waals surface area contributed by atoms with E-state index in [2.05, 4.69) is 35.5 Å². The molecule has 3 amide bonds. The molecular weight excluding hydrogens is 408 g/mol. The second kappa shape index (κ2) is 7.33. The third-order valence-electron chi connectivity index (χ3n) is 7.52. The van der Waals surface area contributed by atoms with Gasteiger partial charge in [-0.2, -0.15) is 5.26 Å². The molecule has 0 radical (unpaired) electrons. The summed E-state index contributed by atoms with van der Waals surface area (Å²) < 4.78 is 1.83. The van der Waals surface area contributed by atoms with Gasteiger partial charge in [-0.1, -0.05) is 13.8 Å². The zero-order valence-corrected chi connectivity index (χ0v) is 18.1. The fraction of sp³-hybridized carbons (Fsp3) is 0.522. The van der Waals surface area contributed by atoms with Crippen molar-refractivity contribution in [2.45, 2.75) is 38.8 Å². The largest absolute Gasteiger partial charge is 0.356 e. The predicted molar refractivity (Wildman–Crippen MR) is 114 cm³/mol. The number of carbonyl (C=O) groups excluding carboxylic acids is 3. The molecule has 5 rings (SSSR count). The maximum Gasteiger partial charge on any atom is 0.274 e. The molecule has 2 aromatic rings. The highest BCUT2D eigenvalue weighted by Gasteiger charge is 2.69. The topological polar surface area (TPSA) is 120 Å². The minimum absolute atomic E-state index is 0.0376. The molecule has 32 heavy (non-hydrogen) atoms. The minimum atomic E-state index is -0.774. The molecule has 2 unspecified atom stereocenters. The molecule has 5 atom stereocenters. The summed E-state index contributed by atoms with van der Waals surface area (Å²) in [6.45, 7) is 5.30. The Balaban J connectivity index is 1.35. The van der Waals surface area contributed by atoms with E-state index in [0.29, 0.717) is 19.5 Å². The molecule has 0 spiro atoms. The van der Waals surface area contributed by atoms with Crippen LogP contribution in [0.2, 0.25) is 0 Å². The average molecular weight is 435 g/mol. The Morgan fingerprint density at radius 2 is 2.25 bits per heavy atom. The van der Waals surface area contributed by atoms with Gasteiger partial charge in [0.15, 0.2) is 0 Å². The molecule has 4 heterocycles. The molecule has 0 bridgehead atoms. The monoisotopic (exact) mass is 434 g/mol. The predicted octanol–water partition coefficient (Wildman–Crippen LogP) is 0.965. The van der Waals surface area contributed by atoms with Gasteiger partial charge < -0.3 is 19.9 Å². The van der Waals surface area contributed by atoms with Gasteiger partial charge in [-0.05, 0) is 42.2 Å². The first-order valence-electron chi connectivity index (χ1n) is 11.0. The van der Waals surface area contributed by atoms with Gasteiger partial charge in [0.05, 0.1) is 17.8 Å². The third kappa shape index (κ3) is 3.22. The summed E-state index contributed by atoms with van der Waals surface area (Å²) in [5.74, 6) is -0.693. The second-order valence-electron chi connectivity index (χ2n) is 9.67. The summed E-state index contributed by atoms with van der Waals surface area (Å²) in [6, 6.07) is 4.46. The number of aromatic nitrogens is 2. The van der Waals surface area contributed by atoms with Crippen molar-refractivity contribution in [2.75, 3.05) is 13.1 Å². The summed E-state index contributed by atoms with van der Waals surface area (Å²) in [4.78, 5) is 44.5. The van der Waals surface area contributed by atoms with E-state index in [-0.39, 0.29) is 53.0 Å². The number of rotatable bonds is 5. The molecule has 2 aromatic heterocycles. The summed E-state index contributed by atoms with van der Waals surface area (Å²) in [5, 5.41) is 15.2. The highest BCUT2D eigenvalue weighted by atomic mass is 16.2. The fourth-order valence-corrected chi connectivity index (χ4v) is 5.54. The molecule has 9 nitrogen and oxygen atoms in total. The maximum absolute atomic E-state index is 13.3. The number of nitrogens with one attached hydrogen (secondary N) is 2. The Hall–Kier alpha value is -3.41. The van der Waals surface area contributed by atoms with Crippen molar-refractivity contribution in [3.63, 3.8) is 0 Å². The Bertz CT molecular complexity index is 1150. The number of carbonyl (C=O) groups is 3. The van der Waals surface area contributed by atoms with Gasteiger partial charge in [-0.25, -0.2) is 4.98 Å². The minimum Gasteiger partial charge on any atom is -0.356 e. The van der Waals surface area contributed by atoms with Crippen LogP contribution in [0.3, 0.4) is 0 Å². The number of nitriles is 1. The molecule has 2 saturated heterocycles. The Labute approximate surface area is 185 Å². The van der Waals surface area contributed by atoms with Gasteiger partial charge in [-0.15, -0.1) is 0 Å². The smallest absolute Gasteiger partial charge is 0.274 e. The van der Waals surface area contributed by atoms with Gasteiger partial charge in [0.1, 0.15) is 17.8 Å². The average Bonchev–Trinajstić information content (AvgIpc) is 3.31. The first kappa shape index (κ1) is 20.5. The molecule has 3 fully saturated rings. The van der Waals surface area contributed by atoms with Gasteiger partial charge in [0, 0.05) is 31.4 Å². The van der Waals surface area contributed by atoms with Crippen molar-refractivity contribution in [1.82, 2.24) is 24.9 Å². The number of nitrogens with zero attached hydrogens (tertiary/aromatic N) is 4. The zero-order valence-electron chi connectivity index (χ0n) is 18.1. The van der Waals surface area contributed by atoms with Crippen molar-refractivity contribution < 1.29 is 14.4 Å². The standard InChI is InChI=1S/C23H26N6O3/c1-23(2)16-11-29(22(32)17-12-28-7-3-4-15(28)10-26-17)19(18(16)23)21(31)27-14(9-24)8-13-5-6-25-20(13)30/h3-4,7,10,12-14,16,18-19H,5-6,8,11H2,1-2H3,(H,25,30)(H,27,31)/t13?,14?,16-,18-,19-/m0/s1. The van der Waals surface area contributed by atoms with E-state index in [1.54, 1.807) is 17.3 Å². The Morgan fingerprint density at radius 1 is 1.44 bits per heavy atom. The third-order valence-corrected chi connectivity index (χ3v) is 7.52. The van der Waals surface area contributed by atoms with E-state index < -0.39 is 12.1 Å². The maximum atomic E-state index is 13.3. The van der Waals surface area contributed by atoms with Crippen LogP contribution in [-0.4, -0.2) is 57.2 Å². The lowest BCUT2D eigenvalue weighted by atomic mass is 9.97. The van der Waals surface area contributed by atoms with Gasteiger partial charge in [0.2, 0.25) is 11.8 Å². The van der Waals surface area contributed by atoms with Gasteiger partial charge in [-0.3, -0.25) is 14.4 Å². The molecule has 2 aliphatic heterocycles. The quantitative estimate of drug-likeness (QED) is 0.727. The van der Waals surface area contributed by atoms with Crippen molar-refractivity contribution in [3.05, 3.63) is 36.4 Å². The molecule has 3 aliphatic rings. The van der Waals surface area contributed by atoms with Crippen LogP contribution in [0, 0.1) is 34.5 Å². The van der Waals surface area contributed by atoms with Crippen LogP contribution in [0.5, 0.6) is 0 Å². The number of hydrogen-bond donors (Lipinski definition) is 2. The van der Waals surface area contributed by atoms with Crippen molar-refractivity contribution >= 4 is 23.2 Å². The van der Waals surface area contributed by atoms with Crippen molar-refractivity contribution in [3.8, 4) is 6.07 Å².